The van der Waals surface area contributed by atoms with Crippen molar-refractivity contribution in [3.63, 3.8) is 0 Å². The summed E-state index contributed by atoms with van der Waals surface area (Å²) in [6.07, 6.45) is 9.45. The molecular weight excluding hydrogens is 544 g/mol. The van der Waals surface area contributed by atoms with Crippen molar-refractivity contribution in [2.45, 2.75) is 82.0 Å². The second kappa shape index (κ2) is 13.5. The molecule has 8 nitrogen and oxygen atoms in total. The minimum absolute atomic E-state index is 0.121. The molecule has 3 saturated heterocycles. The number of carbonyl (C=O) groups excluding carboxylic acids is 3. The molecular formula is C32H43ClN2O6. The third-order valence-electron chi connectivity index (χ3n) is 8.99. The molecule has 3 heterocycles. The summed E-state index contributed by atoms with van der Waals surface area (Å²) in [5, 5.41) is 9.73. The van der Waals surface area contributed by atoms with Crippen LogP contribution < -0.4 is 4.90 Å². The van der Waals surface area contributed by atoms with Crippen LogP contribution in [0.15, 0.2) is 49.6 Å². The molecule has 4 rings (SSSR count). The second-order valence-electron chi connectivity index (χ2n) is 11.3. The number of nitrogens with zero attached hydrogens (tertiary/aromatic N) is 2. The van der Waals surface area contributed by atoms with E-state index in [1.807, 2.05) is 6.92 Å². The second-order valence-corrected chi connectivity index (χ2v) is 11.8. The van der Waals surface area contributed by atoms with E-state index in [9.17, 15) is 19.5 Å². The van der Waals surface area contributed by atoms with Crippen LogP contribution in [0.1, 0.15) is 64.7 Å². The lowest BCUT2D eigenvalue weighted by molar-refractivity contribution is -0.161. The van der Waals surface area contributed by atoms with E-state index >= 15 is 0 Å². The largest absolute Gasteiger partial charge is 0.465 e. The van der Waals surface area contributed by atoms with E-state index in [-0.39, 0.29) is 31.6 Å². The zero-order valence-corrected chi connectivity index (χ0v) is 24.8. The Morgan fingerprint density at radius 1 is 1.15 bits per heavy atom. The fourth-order valence-electron chi connectivity index (χ4n) is 7.05. The number of unbranched alkanes of at least 4 members (excludes halogenated alkanes) is 4. The topological polar surface area (TPSA) is 96.4 Å². The first-order chi connectivity index (χ1) is 19.8. The van der Waals surface area contributed by atoms with Crippen LogP contribution in [0.25, 0.3) is 0 Å². The molecule has 1 N–H and O–H groups in total. The number of benzene rings is 1. The van der Waals surface area contributed by atoms with Gasteiger partial charge in [0.25, 0.3) is 5.91 Å². The summed E-state index contributed by atoms with van der Waals surface area (Å²) in [5.41, 5.74) is -1.32. The maximum Gasteiger partial charge on any atom is 0.312 e. The Labute approximate surface area is 248 Å². The molecule has 0 radical (unpaired) electrons. The first-order valence-electron chi connectivity index (χ1n) is 14.9. The Bertz CT molecular complexity index is 1130. The summed E-state index contributed by atoms with van der Waals surface area (Å²) in [4.78, 5) is 45.7. The zero-order valence-electron chi connectivity index (χ0n) is 24.1. The molecule has 224 valence electrons. The summed E-state index contributed by atoms with van der Waals surface area (Å²) < 4.78 is 12.5. The summed E-state index contributed by atoms with van der Waals surface area (Å²) >= 11 is 6.13. The van der Waals surface area contributed by atoms with Gasteiger partial charge in [-0.3, -0.25) is 14.4 Å². The van der Waals surface area contributed by atoms with Crippen LogP contribution in [0.3, 0.4) is 0 Å². The Morgan fingerprint density at radius 3 is 2.54 bits per heavy atom. The van der Waals surface area contributed by atoms with Gasteiger partial charge in [0.2, 0.25) is 5.91 Å². The first-order valence-corrected chi connectivity index (χ1v) is 15.2. The fraction of sp³-hybridized carbons (Fsp3) is 0.594. The smallest absolute Gasteiger partial charge is 0.312 e. The fourth-order valence-corrected chi connectivity index (χ4v) is 7.18. The Hall–Kier alpha value is -2.68. The molecule has 1 aromatic carbocycles. The molecule has 1 aromatic rings. The molecule has 0 aromatic heterocycles. The molecule has 0 saturated carbocycles. The number of aliphatic hydroxyl groups is 1. The molecule has 3 aliphatic heterocycles. The van der Waals surface area contributed by atoms with Crippen molar-refractivity contribution in [2.24, 2.45) is 11.8 Å². The predicted molar refractivity (Wildman–Crippen MR) is 158 cm³/mol. The molecule has 0 aliphatic carbocycles. The number of carbonyl (C=O) groups is 3. The molecule has 1 spiro atoms. The third-order valence-corrected chi connectivity index (χ3v) is 9.24. The van der Waals surface area contributed by atoms with Crippen molar-refractivity contribution < 1.29 is 29.0 Å². The quantitative estimate of drug-likeness (QED) is 0.165. The number of halogens is 1. The van der Waals surface area contributed by atoms with Gasteiger partial charge in [-0.2, -0.15) is 0 Å². The van der Waals surface area contributed by atoms with E-state index < -0.39 is 35.0 Å². The van der Waals surface area contributed by atoms with Crippen molar-refractivity contribution in [2.75, 3.05) is 31.2 Å². The standard InChI is InChI=1S/C32H43ClN2O6/c1-4-7-12-22-40-30(39)26-25-28(37)35(20-10-8-9-11-21-36)27(32(25)18-17-31(26,6-3)41-32)29(38)34(19-5-2)24-15-13-23(33)14-16-24/h4-5,13-16,25-27,36H,1-2,6-12,17-22H2,3H3/t25-,26-,27?,31+,32?/m0/s1. The number of fused-ring (bicyclic) bond motifs is 1. The predicted octanol–water partition coefficient (Wildman–Crippen LogP) is 5.08. The van der Waals surface area contributed by atoms with E-state index in [0.29, 0.717) is 55.8 Å². The number of amides is 2. The summed E-state index contributed by atoms with van der Waals surface area (Å²) in [5.74, 6) is -2.46. The van der Waals surface area contributed by atoms with E-state index in [1.165, 1.54) is 0 Å². The van der Waals surface area contributed by atoms with Gasteiger partial charge < -0.3 is 24.4 Å². The summed E-state index contributed by atoms with van der Waals surface area (Å²) in [7, 11) is 0. The average Bonchev–Trinajstić information content (AvgIpc) is 3.57. The Morgan fingerprint density at radius 2 is 1.88 bits per heavy atom. The lowest BCUT2D eigenvalue weighted by atomic mass is 9.65. The van der Waals surface area contributed by atoms with Crippen molar-refractivity contribution in [3.05, 3.63) is 54.6 Å². The molecule has 3 fully saturated rings. The van der Waals surface area contributed by atoms with Crippen LogP contribution in [-0.2, 0) is 23.9 Å². The van der Waals surface area contributed by atoms with Gasteiger partial charge in [-0.1, -0.05) is 43.5 Å². The molecule has 2 amide bonds. The van der Waals surface area contributed by atoms with E-state index in [1.54, 1.807) is 46.2 Å². The maximum absolute atomic E-state index is 14.6. The number of rotatable bonds is 16. The number of esters is 1. The summed E-state index contributed by atoms with van der Waals surface area (Å²) in [6.45, 7) is 10.5. The van der Waals surface area contributed by atoms with Crippen LogP contribution in [0, 0.1) is 11.8 Å². The zero-order chi connectivity index (χ0) is 29.6. The molecule has 9 heteroatoms. The number of aliphatic hydroxyl groups excluding tert-OH is 1. The highest BCUT2D eigenvalue weighted by Gasteiger charge is 2.79. The van der Waals surface area contributed by atoms with Crippen LogP contribution in [0.4, 0.5) is 5.69 Å². The first kappa shape index (κ1) is 31.3. The Kier molecular flexibility index (Phi) is 10.3. The van der Waals surface area contributed by atoms with Crippen molar-refractivity contribution in [1.82, 2.24) is 4.90 Å². The van der Waals surface area contributed by atoms with Crippen LogP contribution in [0.2, 0.25) is 5.02 Å². The minimum Gasteiger partial charge on any atom is -0.465 e. The third kappa shape index (κ3) is 5.84. The van der Waals surface area contributed by atoms with E-state index in [2.05, 4.69) is 13.2 Å². The lowest BCUT2D eigenvalue weighted by Crippen LogP contribution is -2.56. The SMILES string of the molecule is C=CCCCOC(=O)[C@@H]1[C@H]2C(=O)N(CCCCCCO)C(C(=O)N(CC=C)c3ccc(Cl)cc3)C23CC[C@@]1(CC)O3. The van der Waals surface area contributed by atoms with Crippen LogP contribution >= 0.6 is 11.6 Å². The van der Waals surface area contributed by atoms with Gasteiger partial charge in [0, 0.05) is 30.4 Å². The molecule has 2 bridgehead atoms. The lowest BCUT2D eigenvalue weighted by Gasteiger charge is -2.37. The normalized spacial score (nSPS) is 28.0. The molecule has 2 unspecified atom stereocenters. The van der Waals surface area contributed by atoms with Crippen LogP contribution in [0.5, 0.6) is 0 Å². The maximum atomic E-state index is 14.6. The van der Waals surface area contributed by atoms with Gasteiger partial charge in [0.05, 0.1) is 18.1 Å². The van der Waals surface area contributed by atoms with E-state index in [0.717, 1.165) is 19.3 Å². The van der Waals surface area contributed by atoms with Gasteiger partial charge in [-0.15, -0.1) is 13.2 Å². The number of hydrogen-bond donors (Lipinski definition) is 1. The van der Waals surface area contributed by atoms with E-state index in [4.69, 9.17) is 21.1 Å². The molecule has 41 heavy (non-hydrogen) atoms. The van der Waals surface area contributed by atoms with Gasteiger partial charge in [-0.25, -0.2) is 0 Å². The monoisotopic (exact) mass is 586 g/mol. The number of likely N-dealkylation sites (tertiary alicyclic amines) is 1. The highest BCUT2D eigenvalue weighted by atomic mass is 35.5. The van der Waals surface area contributed by atoms with Crippen molar-refractivity contribution in [1.29, 1.82) is 0 Å². The average molecular weight is 587 g/mol. The van der Waals surface area contributed by atoms with Gasteiger partial charge in [-0.05, 0) is 69.2 Å². The van der Waals surface area contributed by atoms with Crippen molar-refractivity contribution >= 4 is 35.1 Å². The highest BCUT2D eigenvalue weighted by Crippen LogP contribution is 2.64. The number of allylic oxidation sites excluding steroid dienone is 1. The van der Waals surface area contributed by atoms with Crippen LogP contribution in [-0.4, -0.2) is 71.3 Å². The summed E-state index contributed by atoms with van der Waals surface area (Å²) in [6, 6.07) is 6.11. The highest BCUT2D eigenvalue weighted by molar-refractivity contribution is 6.30. The number of hydrogen-bond acceptors (Lipinski definition) is 6. The Balaban J connectivity index is 1.71. The number of ether oxygens (including phenoxy) is 2. The van der Waals surface area contributed by atoms with Gasteiger partial charge >= 0.3 is 5.97 Å². The van der Waals surface area contributed by atoms with Gasteiger partial charge in [0.1, 0.15) is 17.6 Å². The minimum atomic E-state index is -1.12. The van der Waals surface area contributed by atoms with Gasteiger partial charge in [0.15, 0.2) is 0 Å². The number of anilines is 1. The molecule has 3 aliphatic rings. The molecule has 5 atom stereocenters. The van der Waals surface area contributed by atoms with Crippen molar-refractivity contribution in [3.8, 4) is 0 Å².